The molecule has 1 aromatic carbocycles. The summed E-state index contributed by atoms with van der Waals surface area (Å²) in [5.74, 6) is 3.17. The Morgan fingerprint density at radius 3 is 3.05 bits per heavy atom. The normalized spacial score (nSPS) is 18.7. The molecule has 3 nitrogen and oxygen atoms in total. The van der Waals surface area contributed by atoms with Crippen LogP contribution in [0.4, 0.5) is 11.4 Å². The summed E-state index contributed by atoms with van der Waals surface area (Å²) >= 11 is 2.00. The first kappa shape index (κ1) is 12.9. The first-order chi connectivity index (χ1) is 9.31. The Labute approximate surface area is 118 Å². The molecule has 19 heavy (non-hydrogen) atoms. The molecule has 3 rings (SSSR count). The number of anilines is 2. The van der Waals surface area contributed by atoms with Gasteiger partial charge in [-0.3, -0.25) is 4.79 Å². The molecule has 2 aliphatic rings. The highest BCUT2D eigenvalue weighted by molar-refractivity contribution is 7.99. The second-order valence-electron chi connectivity index (χ2n) is 5.36. The summed E-state index contributed by atoms with van der Waals surface area (Å²) in [5, 5.41) is 6.38. The van der Waals surface area contributed by atoms with E-state index in [1.54, 1.807) is 0 Å². The molecule has 2 aliphatic heterocycles. The van der Waals surface area contributed by atoms with E-state index in [4.69, 9.17) is 0 Å². The number of hydrogen-bond donors (Lipinski definition) is 2. The number of carbonyl (C=O) groups is 1. The minimum absolute atomic E-state index is 0.169. The number of fused-ring (bicyclic) bond motifs is 1. The summed E-state index contributed by atoms with van der Waals surface area (Å²) in [6.07, 6.45) is 4.10. The third-order valence-electron chi connectivity index (χ3n) is 3.91. The minimum Gasteiger partial charge on any atom is -0.384 e. The van der Waals surface area contributed by atoms with Crippen LogP contribution in [-0.4, -0.2) is 24.0 Å². The van der Waals surface area contributed by atoms with Crippen LogP contribution in [0, 0.1) is 5.92 Å². The number of rotatable bonds is 3. The topological polar surface area (TPSA) is 41.1 Å². The van der Waals surface area contributed by atoms with Crippen molar-refractivity contribution in [3.05, 3.63) is 23.8 Å². The van der Waals surface area contributed by atoms with E-state index in [1.165, 1.54) is 35.6 Å². The Bertz CT molecular complexity index is 469. The number of benzene rings is 1. The lowest BCUT2D eigenvalue weighted by Gasteiger charge is -2.20. The Kier molecular flexibility index (Phi) is 3.97. The molecule has 2 N–H and O–H groups in total. The van der Waals surface area contributed by atoms with Crippen LogP contribution in [0.3, 0.4) is 0 Å². The van der Waals surface area contributed by atoms with Crippen molar-refractivity contribution >= 4 is 29.0 Å². The lowest BCUT2D eigenvalue weighted by Crippen LogP contribution is -2.19. The number of thioether (sulfide) groups is 1. The molecule has 1 amide bonds. The number of hydrogen-bond acceptors (Lipinski definition) is 3. The third-order valence-corrected chi connectivity index (χ3v) is 4.96. The van der Waals surface area contributed by atoms with Crippen LogP contribution in [0.25, 0.3) is 0 Å². The quantitative estimate of drug-likeness (QED) is 0.891. The van der Waals surface area contributed by atoms with Gasteiger partial charge in [-0.2, -0.15) is 11.8 Å². The average molecular weight is 276 g/mol. The second-order valence-corrected chi connectivity index (χ2v) is 6.58. The van der Waals surface area contributed by atoms with E-state index in [0.29, 0.717) is 12.3 Å². The van der Waals surface area contributed by atoms with Crippen molar-refractivity contribution in [2.75, 3.05) is 28.7 Å². The summed E-state index contributed by atoms with van der Waals surface area (Å²) in [6.45, 7) is 1.01. The monoisotopic (exact) mass is 276 g/mol. The van der Waals surface area contributed by atoms with E-state index in [-0.39, 0.29) is 5.91 Å². The predicted molar refractivity (Wildman–Crippen MR) is 81.9 cm³/mol. The van der Waals surface area contributed by atoms with Gasteiger partial charge in [-0.1, -0.05) is 0 Å². The van der Waals surface area contributed by atoms with E-state index >= 15 is 0 Å². The van der Waals surface area contributed by atoms with Crippen LogP contribution in [-0.2, 0) is 11.2 Å². The van der Waals surface area contributed by atoms with Gasteiger partial charge in [-0.25, -0.2) is 0 Å². The van der Waals surface area contributed by atoms with Gasteiger partial charge in [0.1, 0.15) is 0 Å². The SMILES string of the molecule is O=C(CC1CCSCC1)Nc1ccc2c(c1)CCN2. The highest BCUT2D eigenvalue weighted by Crippen LogP contribution is 2.27. The standard InChI is InChI=1S/C15H20N2OS/c18-15(9-11-4-7-19-8-5-11)17-13-1-2-14-12(10-13)3-6-16-14/h1-2,10-11,16H,3-9H2,(H,17,18). The largest absolute Gasteiger partial charge is 0.384 e. The first-order valence-corrected chi connectivity index (χ1v) is 8.21. The zero-order chi connectivity index (χ0) is 13.1. The molecule has 0 saturated carbocycles. The fraction of sp³-hybridized carbons (Fsp3) is 0.533. The van der Waals surface area contributed by atoms with Crippen LogP contribution in [0.2, 0.25) is 0 Å². The molecule has 0 aliphatic carbocycles. The molecule has 0 unspecified atom stereocenters. The Balaban J connectivity index is 1.56. The molecule has 2 heterocycles. The van der Waals surface area contributed by atoms with E-state index in [0.717, 1.165) is 18.7 Å². The van der Waals surface area contributed by atoms with Gasteiger partial charge >= 0.3 is 0 Å². The van der Waals surface area contributed by atoms with Gasteiger partial charge in [0.15, 0.2) is 0 Å². The predicted octanol–water partition coefficient (Wildman–Crippen LogP) is 3.13. The number of nitrogens with one attached hydrogen (secondary N) is 2. The second kappa shape index (κ2) is 5.87. The molecule has 4 heteroatoms. The van der Waals surface area contributed by atoms with Crippen molar-refractivity contribution in [2.45, 2.75) is 25.7 Å². The Morgan fingerprint density at radius 2 is 2.21 bits per heavy atom. The van der Waals surface area contributed by atoms with Crippen molar-refractivity contribution in [1.29, 1.82) is 0 Å². The minimum atomic E-state index is 0.169. The zero-order valence-electron chi connectivity index (χ0n) is 11.1. The maximum absolute atomic E-state index is 12.0. The van der Waals surface area contributed by atoms with Crippen molar-refractivity contribution < 1.29 is 4.79 Å². The maximum atomic E-state index is 12.0. The summed E-state index contributed by atoms with van der Waals surface area (Å²) in [7, 11) is 0. The van der Waals surface area contributed by atoms with E-state index < -0.39 is 0 Å². The van der Waals surface area contributed by atoms with Gasteiger partial charge < -0.3 is 10.6 Å². The smallest absolute Gasteiger partial charge is 0.224 e. The van der Waals surface area contributed by atoms with Crippen molar-refractivity contribution in [3.63, 3.8) is 0 Å². The lowest BCUT2D eigenvalue weighted by molar-refractivity contribution is -0.117. The molecule has 102 valence electrons. The van der Waals surface area contributed by atoms with Crippen molar-refractivity contribution in [3.8, 4) is 0 Å². The van der Waals surface area contributed by atoms with Crippen molar-refractivity contribution in [1.82, 2.24) is 0 Å². The van der Waals surface area contributed by atoms with Crippen LogP contribution < -0.4 is 10.6 Å². The van der Waals surface area contributed by atoms with Crippen LogP contribution in [0.15, 0.2) is 18.2 Å². The number of amides is 1. The lowest BCUT2D eigenvalue weighted by atomic mass is 9.98. The molecule has 0 bridgehead atoms. The van der Waals surface area contributed by atoms with Crippen molar-refractivity contribution in [2.24, 2.45) is 5.92 Å². The van der Waals surface area contributed by atoms with Gasteiger partial charge in [-0.05, 0) is 60.4 Å². The molecule has 0 radical (unpaired) electrons. The van der Waals surface area contributed by atoms with Gasteiger partial charge in [0, 0.05) is 24.3 Å². The average Bonchev–Trinajstić information content (AvgIpc) is 2.87. The highest BCUT2D eigenvalue weighted by Gasteiger charge is 2.18. The van der Waals surface area contributed by atoms with E-state index in [9.17, 15) is 4.79 Å². The summed E-state index contributed by atoms with van der Waals surface area (Å²) in [6, 6.07) is 6.16. The fourth-order valence-corrected chi connectivity index (χ4v) is 4.01. The number of carbonyl (C=O) groups excluding carboxylic acids is 1. The Hall–Kier alpha value is -1.16. The zero-order valence-corrected chi connectivity index (χ0v) is 11.9. The van der Waals surface area contributed by atoms with Crippen LogP contribution in [0.1, 0.15) is 24.8 Å². The summed E-state index contributed by atoms with van der Waals surface area (Å²) in [4.78, 5) is 12.0. The molecule has 0 spiro atoms. The molecular formula is C15H20N2OS. The molecule has 1 fully saturated rings. The molecule has 0 aromatic heterocycles. The molecular weight excluding hydrogens is 256 g/mol. The van der Waals surface area contributed by atoms with Gasteiger partial charge in [0.2, 0.25) is 5.91 Å². The molecule has 1 saturated heterocycles. The summed E-state index contributed by atoms with van der Waals surface area (Å²) in [5.41, 5.74) is 3.46. The Morgan fingerprint density at radius 1 is 1.37 bits per heavy atom. The summed E-state index contributed by atoms with van der Waals surface area (Å²) < 4.78 is 0. The first-order valence-electron chi connectivity index (χ1n) is 7.05. The third kappa shape index (κ3) is 3.24. The van der Waals surface area contributed by atoms with Gasteiger partial charge in [-0.15, -0.1) is 0 Å². The molecule has 1 aromatic rings. The van der Waals surface area contributed by atoms with E-state index in [2.05, 4.69) is 22.8 Å². The fourth-order valence-electron chi connectivity index (χ4n) is 2.81. The maximum Gasteiger partial charge on any atom is 0.224 e. The van der Waals surface area contributed by atoms with Crippen LogP contribution in [0.5, 0.6) is 0 Å². The highest BCUT2D eigenvalue weighted by atomic mass is 32.2. The van der Waals surface area contributed by atoms with Gasteiger partial charge in [0.05, 0.1) is 0 Å². The van der Waals surface area contributed by atoms with E-state index in [1.807, 2.05) is 17.8 Å². The van der Waals surface area contributed by atoms with Crippen LogP contribution >= 0.6 is 11.8 Å². The molecule has 0 atom stereocenters. The van der Waals surface area contributed by atoms with Gasteiger partial charge in [0.25, 0.3) is 0 Å².